The van der Waals surface area contributed by atoms with Crippen LogP contribution in [0.2, 0.25) is 0 Å². The third-order valence-corrected chi connectivity index (χ3v) is 6.34. The predicted octanol–water partition coefficient (Wildman–Crippen LogP) is 2.36. The standard InChI is InChI=1S/C24H41N5O2/c1-4-25-24(26-12-6-14-29-15-17-31-18-16-29)27-19-21-7-5-13-28(2)23(21)20-8-10-22(30-3)11-9-20/h8-11,21,23H,4-7,12-19H2,1-3H3,(H2,25,26,27). The quantitative estimate of drug-likeness (QED) is 0.356. The molecule has 0 aromatic heterocycles. The molecule has 174 valence electrons. The van der Waals surface area contributed by atoms with Gasteiger partial charge in [-0.05, 0) is 69.9 Å². The minimum Gasteiger partial charge on any atom is -0.497 e. The highest BCUT2D eigenvalue weighted by molar-refractivity contribution is 5.79. The van der Waals surface area contributed by atoms with Crippen molar-refractivity contribution in [3.8, 4) is 5.75 Å². The molecule has 0 radical (unpaired) electrons. The highest BCUT2D eigenvalue weighted by Gasteiger charge is 2.30. The average molecular weight is 432 g/mol. The molecule has 1 aromatic carbocycles. The lowest BCUT2D eigenvalue weighted by molar-refractivity contribution is 0.0376. The van der Waals surface area contributed by atoms with E-state index in [1.165, 1.54) is 18.4 Å². The van der Waals surface area contributed by atoms with Crippen LogP contribution in [0.25, 0.3) is 0 Å². The number of aliphatic imine (C=N–C) groups is 1. The molecule has 2 heterocycles. The van der Waals surface area contributed by atoms with Crippen molar-refractivity contribution < 1.29 is 9.47 Å². The van der Waals surface area contributed by atoms with Crippen LogP contribution in [-0.4, -0.2) is 88.9 Å². The van der Waals surface area contributed by atoms with E-state index in [1.807, 2.05) is 0 Å². The number of likely N-dealkylation sites (tertiary alicyclic amines) is 1. The van der Waals surface area contributed by atoms with Crippen molar-refractivity contribution in [1.82, 2.24) is 20.4 Å². The van der Waals surface area contributed by atoms with Gasteiger partial charge in [0.15, 0.2) is 5.96 Å². The Bertz CT molecular complexity index is 660. The minimum absolute atomic E-state index is 0.396. The predicted molar refractivity (Wildman–Crippen MR) is 127 cm³/mol. The highest BCUT2D eigenvalue weighted by Crippen LogP contribution is 2.35. The zero-order valence-electron chi connectivity index (χ0n) is 19.6. The molecule has 0 aliphatic carbocycles. The molecule has 0 bridgehead atoms. The van der Waals surface area contributed by atoms with Crippen LogP contribution in [0.3, 0.4) is 0 Å². The van der Waals surface area contributed by atoms with Crippen LogP contribution in [-0.2, 0) is 4.74 Å². The maximum absolute atomic E-state index is 5.43. The summed E-state index contributed by atoms with van der Waals surface area (Å²) in [6, 6.07) is 8.94. The zero-order chi connectivity index (χ0) is 21.9. The summed E-state index contributed by atoms with van der Waals surface area (Å²) in [6.45, 7) is 10.9. The number of nitrogens with one attached hydrogen (secondary N) is 2. The summed E-state index contributed by atoms with van der Waals surface area (Å²) in [5, 5.41) is 6.95. The zero-order valence-corrected chi connectivity index (χ0v) is 19.6. The summed E-state index contributed by atoms with van der Waals surface area (Å²) in [6.07, 6.45) is 3.55. The Hall–Kier alpha value is -1.83. The second kappa shape index (κ2) is 12.9. The van der Waals surface area contributed by atoms with Gasteiger partial charge in [0.25, 0.3) is 0 Å². The van der Waals surface area contributed by atoms with Crippen LogP contribution in [0, 0.1) is 5.92 Å². The van der Waals surface area contributed by atoms with E-state index < -0.39 is 0 Å². The van der Waals surface area contributed by atoms with Gasteiger partial charge in [0.05, 0.1) is 20.3 Å². The first-order valence-corrected chi connectivity index (χ1v) is 11.9. The van der Waals surface area contributed by atoms with Crippen LogP contribution >= 0.6 is 0 Å². The Morgan fingerprint density at radius 2 is 1.94 bits per heavy atom. The lowest BCUT2D eigenvalue weighted by Gasteiger charge is -2.39. The van der Waals surface area contributed by atoms with E-state index in [-0.39, 0.29) is 0 Å². The van der Waals surface area contributed by atoms with Gasteiger partial charge in [0.1, 0.15) is 5.75 Å². The van der Waals surface area contributed by atoms with Crippen molar-refractivity contribution >= 4 is 5.96 Å². The molecule has 2 atom stereocenters. The molecule has 2 aliphatic rings. The Labute approximate surface area is 188 Å². The number of hydrogen-bond acceptors (Lipinski definition) is 5. The summed E-state index contributed by atoms with van der Waals surface area (Å²) < 4.78 is 10.8. The van der Waals surface area contributed by atoms with Crippen LogP contribution in [0.4, 0.5) is 0 Å². The molecule has 2 fully saturated rings. The summed E-state index contributed by atoms with van der Waals surface area (Å²) in [7, 11) is 3.95. The van der Waals surface area contributed by atoms with E-state index in [2.05, 4.69) is 58.7 Å². The molecule has 31 heavy (non-hydrogen) atoms. The lowest BCUT2D eigenvalue weighted by Crippen LogP contribution is -2.41. The molecule has 2 unspecified atom stereocenters. The molecule has 0 amide bonds. The van der Waals surface area contributed by atoms with E-state index in [0.29, 0.717) is 12.0 Å². The SMILES string of the molecule is CCNC(=NCC1CCCN(C)C1c1ccc(OC)cc1)NCCCN1CCOCC1. The fourth-order valence-corrected chi connectivity index (χ4v) is 4.66. The third kappa shape index (κ3) is 7.37. The molecule has 0 saturated carbocycles. The van der Waals surface area contributed by atoms with Crippen molar-refractivity contribution in [3.05, 3.63) is 29.8 Å². The van der Waals surface area contributed by atoms with Crippen molar-refractivity contribution in [2.24, 2.45) is 10.9 Å². The fraction of sp³-hybridized carbons (Fsp3) is 0.708. The van der Waals surface area contributed by atoms with Crippen LogP contribution < -0.4 is 15.4 Å². The monoisotopic (exact) mass is 431 g/mol. The topological polar surface area (TPSA) is 61.4 Å². The normalized spacial score (nSPS) is 23.5. The van der Waals surface area contributed by atoms with Crippen molar-refractivity contribution in [2.45, 2.75) is 32.2 Å². The number of piperidine rings is 1. The molecule has 7 heteroatoms. The van der Waals surface area contributed by atoms with E-state index in [1.54, 1.807) is 7.11 Å². The number of nitrogens with zero attached hydrogens (tertiary/aromatic N) is 3. The second-order valence-electron chi connectivity index (χ2n) is 8.55. The number of benzene rings is 1. The first kappa shape index (κ1) is 23.8. The Morgan fingerprint density at radius 3 is 2.65 bits per heavy atom. The van der Waals surface area contributed by atoms with Gasteiger partial charge < -0.3 is 20.1 Å². The van der Waals surface area contributed by atoms with Gasteiger partial charge in [-0.2, -0.15) is 0 Å². The van der Waals surface area contributed by atoms with E-state index in [0.717, 1.165) is 77.2 Å². The second-order valence-corrected chi connectivity index (χ2v) is 8.55. The molecular weight excluding hydrogens is 390 g/mol. The van der Waals surface area contributed by atoms with Crippen LogP contribution in [0.5, 0.6) is 5.75 Å². The van der Waals surface area contributed by atoms with Gasteiger partial charge >= 0.3 is 0 Å². The summed E-state index contributed by atoms with van der Waals surface area (Å²) in [5.74, 6) is 2.36. The number of rotatable bonds is 9. The number of morpholine rings is 1. The maximum Gasteiger partial charge on any atom is 0.191 e. The van der Waals surface area contributed by atoms with Gasteiger partial charge in [-0.15, -0.1) is 0 Å². The number of hydrogen-bond donors (Lipinski definition) is 2. The Morgan fingerprint density at radius 1 is 1.16 bits per heavy atom. The maximum atomic E-state index is 5.43. The fourth-order valence-electron chi connectivity index (χ4n) is 4.66. The summed E-state index contributed by atoms with van der Waals surface area (Å²) >= 11 is 0. The smallest absolute Gasteiger partial charge is 0.191 e. The minimum atomic E-state index is 0.396. The van der Waals surface area contributed by atoms with E-state index >= 15 is 0 Å². The number of methoxy groups -OCH3 is 1. The Kier molecular flexibility index (Phi) is 9.90. The average Bonchev–Trinajstić information content (AvgIpc) is 2.81. The summed E-state index contributed by atoms with van der Waals surface area (Å²) in [4.78, 5) is 9.93. The highest BCUT2D eigenvalue weighted by atomic mass is 16.5. The van der Waals surface area contributed by atoms with Crippen molar-refractivity contribution in [3.63, 3.8) is 0 Å². The van der Waals surface area contributed by atoms with Crippen LogP contribution in [0.1, 0.15) is 37.8 Å². The third-order valence-electron chi connectivity index (χ3n) is 6.34. The molecule has 2 saturated heterocycles. The molecular formula is C24H41N5O2. The largest absolute Gasteiger partial charge is 0.497 e. The molecule has 2 aliphatic heterocycles. The first-order valence-electron chi connectivity index (χ1n) is 11.9. The number of guanidine groups is 1. The van der Waals surface area contributed by atoms with E-state index in [9.17, 15) is 0 Å². The van der Waals surface area contributed by atoms with Gasteiger partial charge in [0.2, 0.25) is 0 Å². The Balaban J connectivity index is 1.55. The molecule has 7 nitrogen and oxygen atoms in total. The molecule has 3 rings (SSSR count). The molecule has 1 aromatic rings. The summed E-state index contributed by atoms with van der Waals surface area (Å²) in [5.41, 5.74) is 1.35. The molecule has 0 spiro atoms. The van der Waals surface area contributed by atoms with Gasteiger partial charge in [-0.1, -0.05) is 12.1 Å². The number of ether oxygens (including phenoxy) is 2. The van der Waals surface area contributed by atoms with Crippen molar-refractivity contribution in [2.75, 3.05) is 73.2 Å². The first-order chi connectivity index (χ1) is 15.2. The van der Waals surface area contributed by atoms with Gasteiger partial charge in [-0.3, -0.25) is 14.8 Å². The van der Waals surface area contributed by atoms with Crippen LogP contribution in [0.15, 0.2) is 29.3 Å². The van der Waals surface area contributed by atoms with Gasteiger partial charge in [0, 0.05) is 38.8 Å². The van der Waals surface area contributed by atoms with E-state index in [4.69, 9.17) is 14.5 Å². The van der Waals surface area contributed by atoms with Gasteiger partial charge in [-0.25, -0.2) is 0 Å². The lowest BCUT2D eigenvalue weighted by atomic mass is 9.85. The van der Waals surface area contributed by atoms with Crippen molar-refractivity contribution in [1.29, 1.82) is 0 Å². The molecule has 2 N–H and O–H groups in total.